The van der Waals surface area contributed by atoms with Crippen LogP contribution in [0.3, 0.4) is 0 Å². The Labute approximate surface area is 157 Å². The number of hydrogen-bond acceptors (Lipinski definition) is 3. The first-order valence-electron chi connectivity index (χ1n) is 10.6. The van der Waals surface area contributed by atoms with Crippen LogP contribution in [0.15, 0.2) is 12.2 Å². The van der Waals surface area contributed by atoms with Gasteiger partial charge in [-0.05, 0) is 74.0 Å². The van der Waals surface area contributed by atoms with Crippen molar-refractivity contribution in [3.63, 3.8) is 0 Å². The predicted molar refractivity (Wildman–Crippen MR) is 101 cm³/mol. The van der Waals surface area contributed by atoms with E-state index in [9.17, 15) is 9.59 Å². The lowest BCUT2D eigenvalue weighted by Gasteiger charge is -2.59. The Morgan fingerprint density at radius 1 is 1.15 bits per heavy atom. The van der Waals surface area contributed by atoms with Gasteiger partial charge in [0.25, 0.3) is 0 Å². The number of allylic oxidation sites excluding steroid dienone is 2. The van der Waals surface area contributed by atoms with Crippen molar-refractivity contribution in [2.45, 2.75) is 78.7 Å². The minimum atomic E-state index is -0.171. The SMILES string of the molecule is CC(=O)O[C@@H](C)[C@H]1CC[C@H]2[C@@H]3CC(=O)[C@H]4CC=CC[C@]4(C)[C@H]3CC[C@]12C. The Hall–Kier alpha value is -1.12. The van der Waals surface area contributed by atoms with Crippen LogP contribution in [-0.4, -0.2) is 17.9 Å². The number of carbonyl (C=O) groups is 2. The second kappa shape index (κ2) is 6.21. The summed E-state index contributed by atoms with van der Waals surface area (Å²) in [6, 6.07) is 0. The van der Waals surface area contributed by atoms with Gasteiger partial charge in [-0.2, -0.15) is 0 Å². The third-order valence-corrected chi connectivity index (χ3v) is 8.99. The highest BCUT2D eigenvalue weighted by atomic mass is 16.5. The summed E-state index contributed by atoms with van der Waals surface area (Å²) in [5.41, 5.74) is 0.375. The molecule has 4 aliphatic rings. The fourth-order valence-electron chi connectivity index (χ4n) is 7.81. The van der Waals surface area contributed by atoms with Crippen molar-refractivity contribution in [2.24, 2.45) is 40.4 Å². The van der Waals surface area contributed by atoms with Crippen LogP contribution in [0, 0.1) is 40.4 Å². The van der Waals surface area contributed by atoms with Crippen molar-refractivity contribution >= 4 is 11.8 Å². The average Bonchev–Trinajstić information content (AvgIpc) is 2.92. The predicted octanol–water partition coefficient (Wildman–Crippen LogP) is 4.94. The molecule has 3 fully saturated rings. The summed E-state index contributed by atoms with van der Waals surface area (Å²) < 4.78 is 5.60. The van der Waals surface area contributed by atoms with Crippen LogP contribution in [0.1, 0.15) is 72.6 Å². The van der Waals surface area contributed by atoms with E-state index in [-0.39, 0.29) is 28.8 Å². The third-order valence-electron chi connectivity index (χ3n) is 8.99. The van der Waals surface area contributed by atoms with E-state index >= 15 is 0 Å². The topological polar surface area (TPSA) is 43.4 Å². The molecular weight excluding hydrogens is 324 g/mol. The summed E-state index contributed by atoms with van der Waals surface area (Å²) in [6.07, 6.45) is 12.1. The Morgan fingerprint density at radius 3 is 2.62 bits per heavy atom. The number of esters is 1. The summed E-state index contributed by atoms with van der Waals surface area (Å²) in [7, 11) is 0. The van der Waals surface area contributed by atoms with Crippen molar-refractivity contribution in [3.05, 3.63) is 12.2 Å². The van der Waals surface area contributed by atoms with Gasteiger partial charge in [0, 0.05) is 25.2 Å². The maximum atomic E-state index is 13.0. The van der Waals surface area contributed by atoms with Crippen molar-refractivity contribution in [1.82, 2.24) is 0 Å². The molecule has 0 aliphatic heterocycles. The van der Waals surface area contributed by atoms with E-state index < -0.39 is 0 Å². The number of ether oxygens (including phenoxy) is 1. The van der Waals surface area contributed by atoms with E-state index in [0.717, 1.165) is 25.7 Å². The Balaban J connectivity index is 1.62. The minimum Gasteiger partial charge on any atom is -0.463 e. The maximum Gasteiger partial charge on any atom is 0.302 e. The lowest BCUT2D eigenvalue weighted by Crippen LogP contribution is -2.55. The van der Waals surface area contributed by atoms with Gasteiger partial charge in [0.1, 0.15) is 11.9 Å². The molecule has 0 aromatic rings. The molecule has 0 bridgehead atoms. The van der Waals surface area contributed by atoms with Crippen LogP contribution in [-0.2, 0) is 14.3 Å². The maximum absolute atomic E-state index is 13.0. The van der Waals surface area contributed by atoms with E-state index in [0.29, 0.717) is 29.5 Å². The molecular formula is C23H34O3. The van der Waals surface area contributed by atoms with Crippen molar-refractivity contribution in [1.29, 1.82) is 0 Å². The number of hydrogen-bond donors (Lipinski definition) is 0. The van der Waals surface area contributed by atoms with Gasteiger partial charge in [-0.3, -0.25) is 9.59 Å². The van der Waals surface area contributed by atoms with Gasteiger partial charge < -0.3 is 4.74 Å². The van der Waals surface area contributed by atoms with E-state index in [1.54, 1.807) is 0 Å². The van der Waals surface area contributed by atoms with Gasteiger partial charge in [-0.25, -0.2) is 0 Å². The largest absolute Gasteiger partial charge is 0.463 e. The van der Waals surface area contributed by atoms with E-state index in [2.05, 4.69) is 32.9 Å². The molecule has 3 heteroatoms. The standard InChI is InChI=1S/C23H34O3/c1-14(26-15(2)24)17-8-9-18-16-13-21(25)20-7-5-6-11-22(20,3)19(16)10-12-23(17,18)4/h5-6,14,16-20H,7-13H2,1-4H3/t14-,16-,17+,18-,19-,20+,22+,23+/m0/s1. The van der Waals surface area contributed by atoms with Crippen LogP contribution >= 0.6 is 0 Å². The van der Waals surface area contributed by atoms with Gasteiger partial charge in [0.05, 0.1) is 0 Å². The highest BCUT2D eigenvalue weighted by Crippen LogP contribution is 2.66. The molecule has 3 saturated carbocycles. The molecule has 0 unspecified atom stereocenters. The summed E-state index contributed by atoms with van der Waals surface area (Å²) in [5, 5.41) is 0. The lowest BCUT2D eigenvalue weighted by atomic mass is 9.45. The first-order chi connectivity index (χ1) is 12.3. The average molecular weight is 359 g/mol. The minimum absolute atomic E-state index is 0.0145. The normalized spacial score (nSPS) is 48.3. The third kappa shape index (κ3) is 2.52. The summed E-state index contributed by atoms with van der Waals surface area (Å²) in [4.78, 5) is 24.5. The zero-order chi connectivity index (χ0) is 18.7. The molecule has 0 heterocycles. The van der Waals surface area contributed by atoms with Gasteiger partial charge >= 0.3 is 5.97 Å². The molecule has 3 nitrogen and oxygen atoms in total. The first kappa shape index (κ1) is 18.3. The molecule has 0 aromatic heterocycles. The first-order valence-corrected chi connectivity index (χ1v) is 10.6. The Bertz CT molecular complexity index is 637. The van der Waals surface area contributed by atoms with Crippen molar-refractivity contribution in [2.75, 3.05) is 0 Å². The van der Waals surface area contributed by atoms with Crippen LogP contribution < -0.4 is 0 Å². The molecule has 0 radical (unpaired) electrons. The van der Waals surface area contributed by atoms with Crippen LogP contribution in [0.25, 0.3) is 0 Å². The highest BCUT2D eigenvalue weighted by molar-refractivity contribution is 5.83. The summed E-state index contributed by atoms with van der Waals surface area (Å²) in [6.45, 7) is 8.40. The fourth-order valence-corrected chi connectivity index (χ4v) is 7.81. The Morgan fingerprint density at radius 2 is 1.88 bits per heavy atom. The molecule has 0 N–H and O–H groups in total. The summed E-state index contributed by atoms with van der Waals surface area (Å²) >= 11 is 0. The number of carbonyl (C=O) groups excluding carboxylic acids is 2. The number of fused-ring (bicyclic) bond motifs is 5. The molecule has 4 aliphatic carbocycles. The fraction of sp³-hybridized carbons (Fsp3) is 0.826. The zero-order valence-corrected chi connectivity index (χ0v) is 16.8. The number of rotatable bonds is 2. The molecule has 0 aromatic carbocycles. The molecule has 4 rings (SSSR count). The van der Waals surface area contributed by atoms with E-state index in [1.807, 2.05) is 0 Å². The molecule has 0 amide bonds. The number of ketones is 1. The van der Waals surface area contributed by atoms with Gasteiger partial charge in [-0.1, -0.05) is 26.0 Å². The van der Waals surface area contributed by atoms with Gasteiger partial charge in [0.15, 0.2) is 0 Å². The molecule has 26 heavy (non-hydrogen) atoms. The van der Waals surface area contributed by atoms with E-state index in [4.69, 9.17) is 4.74 Å². The van der Waals surface area contributed by atoms with Gasteiger partial charge in [-0.15, -0.1) is 0 Å². The zero-order valence-electron chi connectivity index (χ0n) is 16.8. The molecule has 144 valence electrons. The number of Topliss-reactive ketones (excluding diaryl/α,β-unsaturated/α-hetero) is 1. The summed E-state index contributed by atoms with van der Waals surface area (Å²) in [5.74, 6) is 2.84. The van der Waals surface area contributed by atoms with Crippen molar-refractivity contribution in [3.8, 4) is 0 Å². The van der Waals surface area contributed by atoms with Crippen LogP contribution in [0.5, 0.6) is 0 Å². The lowest BCUT2D eigenvalue weighted by molar-refractivity contribution is -0.156. The molecule has 0 spiro atoms. The smallest absolute Gasteiger partial charge is 0.302 e. The quantitative estimate of drug-likeness (QED) is 0.518. The van der Waals surface area contributed by atoms with E-state index in [1.165, 1.54) is 26.2 Å². The highest BCUT2D eigenvalue weighted by Gasteiger charge is 2.62. The van der Waals surface area contributed by atoms with Gasteiger partial charge in [0.2, 0.25) is 0 Å². The van der Waals surface area contributed by atoms with Crippen LogP contribution in [0.2, 0.25) is 0 Å². The second-order valence-electron chi connectivity index (χ2n) is 10.1. The monoisotopic (exact) mass is 358 g/mol. The molecule has 0 saturated heterocycles. The molecule has 8 atom stereocenters. The van der Waals surface area contributed by atoms with Crippen LogP contribution in [0.4, 0.5) is 0 Å². The Kier molecular flexibility index (Phi) is 4.36. The van der Waals surface area contributed by atoms with Crippen molar-refractivity contribution < 1.29 is 14.3 Å². The second-order valence-corrected chi connectivity index (χ2v) is 10.1.